The molecular weight excluding hydrogens is 432 g/mol. The van der Waals surface area contributed by atoms with Gasteiger partial charge in [0.15, 0.2) is 0 Å². The van der Waals surface area contributed by atoms with Crippen molar-refractivity contribution in [2.45, 2.75) is 97.5 Å². The predicted molar refractivity (Wildman–Crippen MR) is 134 cm³/mol. The minimum Gasteiger partial charge on any atom is -0.508 e. The van der Waals surface area contributed by atoms with Gasteiger partial charge in [-0.3, -0.25) is 0 Å². The third-order valence-electron chi connectivity index (χ3n) is 5.10. The van der Waals surface area contributed by atoms with E-state index in [9.17, 15) is 5.11 Å². The first kappa shape index (κ1) is 33.0. The van der Waals surface area contributed by atoms with Crippen LogP contribution in [0.3, 0.4) is 0 Å². The zero-order chi connectivity index (χ0) is 23.5. The molecule has 0 aliphatic carbocycles. The van der Waals surface area contributed by atoms with Gasteiger partial charge in [-0.15, -0.1) is 0 Å². The average molecular weight is 479 g/mol. The molecule has 0 radical (unpaired) electrons. The van der Waals surface area contributed by atoms with Crippen molar-refractivity contribution in [3.8, 4) is 5.75 Å². The Bertz CT molecular complexity index is 629. The number of hydrogen-bond acceptors (Lipinski definition) is 3. The minimum absolute atomic E-state index is 0. The number of benzene rings is 2. The van der Waals surface area contributed by atoms with Gasteiger partial charge >= 0.3 is 0 Å². The van der Waals surface area contributed by atoms with E-state index < -0.39 is 0 Å². The van der Waals surface area contributed by atoms with Crippen molar-refractivity contribution in [2.75, 3.05) is 6.61 Å². The monoisotopic (exact) mass is 478 g/mol. The van der Waals surface area contributed by atoms with E-state index in [0.29, 0.717) is 12.4 Å². The van der Waals surface area contributed by atoms with E-state index in [-0.39, 0.29) is 33.2 Å². The van der Waals surface area contributed by atoms with Crippen LogP contribution in [0.2, 0.25) is 0 Å². The number of rotatable bonds is 10. The van der Waals surface area contributed by atoms with Gasteiger partial charge < -0.3 is 15.3 Å². The van der Waals surface area contributed by atoms with Gasteiger partial charge in [-0.2, -0.15) is 0 Å². The Balaban J connectivity index is 0. The van der Waals surface area contributed by atoms with Gasteiger partial charge in [0.2, 0.25) is 0 Å². The first-order valence-corrected chi connectivity index (χ1v) is 11.9. The van der Waals surface area contributed by atoms with Crippen LogP contribution in [0, 0.1) is 0 Å². The van der Waals surface area contributed by atoms with Crippen LogP contribution in [0.1, 0.15) is 97.1 Å². The molecule has 0 heterocycles. The fourth-order valence-electron chi connectivity index (χ4n) is 3.15. The van der Waals surface area contributed by atoms with Gasteiger partial charge in [0.05, 0.1) is 0 Å². The summed E-state index contributed by atoms with van der Waals surface area (Å²) >= 11 is 0. The molecule has 2 aromatic carbocycles. The number of unbranched alkanes of at least 4 members (excludes halogenated alkanes) is 7. The van der Waals surface area contributed by atoms with Gasteiger partial charge in [-0.05, 0) is 43.5 Å². The third-order valence-corrected chi connectivity index (χ3v) is 5.10. The summed E-state index contributed by atoms with van der Waals surface area (Å²) in [4.78, 5) is 0. The number of aliphatic hydroxyl groups excluding tert-OH is 2. The van der Waals surface area contributed by atoms with E-state index in [0.717, 1.165) is 6.42 Å². The Morgan fingerprint density at radius 1 is 0.719 bits per heavy atom. The molecule has 0 unspecified atom stereocenters. The number of phenols is 1. The molecule has 0 aromatic heterocycles. The maximum absolute atomic E-state index is 9.29. The summed E-state index contributed by atoms with van der Waals surface area (Å²) in [6.07, 6.45) is 10.2. The fourth-order valence-corrected chi connectivity index (χ4v) is 3.15. The average Bonchev–Trinajstić information content (AvgIpc) is 2.74. The molecule has 0 spiro atoms. The van der Waals surface area contributed by atoms with Crippen molar-refractivity contribution >= 4 is 0 Å². The molecule has 32 heavy (non-hydrogen) atoms. The quantitative estimate of drug-likeness (QED) is 0.250. The van der Waals surface area contributed by atoms with E-state index >= 15 is 0 Å². The third kappa shape index (κ3) is 16.5. The van der Waals surface area contributed by atoms with Gasteiger partial charge in [0.1, 0.15) is 5.75 Å². The zero-order valence-electron chi connectivity index (χ0n) is 21.0. The Kier molecular flexibility index (Phi) is 21.2. The smallest absolute Gasteiger partial charge is 0.115 e. The fraction of sp³-hybridized carbons (Fsp3) is 0.571. The molecule has 180 valence electrons. The van der Waals surface area contributed by atoms with Gasteiger partial charge in [0.25, 0.3) is 0 Å². The molecule has 4 heteroatoms. The first-order valence-electron chi connectivity index (χ1n) is 11.9. The molecule has 0 bridgehead atoms. The second-order valence-corrected chi connectivity index (χ2v) is 8.83. The Hall–Kier alpha value is -1.13. The Morgan fingerprint density at radius 3 is 1.56 bits per heavy atom. The van der Waals surface area contributed by atoms with Gasteiger partial charge in [-0.25, -0.2) is 0 Å². The SMILES string of the molecule is CC(C)(c1ccccc1)c1ccc(O)cc1.CC(C)O.CCCCCCCCCCO.[Ti]. The second-order valence-electron chi connectivity index (χ2n) is 8.83. The van der Waals surface area contributed by atoms with Gasteiger partial charge in [0, 0.05) is 39.8 Å². The normalized spacial score (nSPS) is 10.4. The van der Waals surface area contributed by atoms with Crippen molar-refractivity contribution in [2.24, 2.45) is 0 Å². The first-order chi connectivity index (χ1) is 14.8. The van der Waals surface area contributed by atoms with E-state index in [4.69, 9.17) is 10.2 Å². The molecule has 2 rings (SSSR count). The van der Waals surface area contributed by atoms with Crippen LogP contribution in [-0.2, 0) is 27.1 Å². The molecule has 0 atom stereocenters. The van der Waals surface area contributed by atoms with Crippen LogP contribution < -0.4 is 0 Å². The summed E-state index contributed by atoms with van der Waals surface area (Å²) in [7, 11) is 0. The van der Waals surface area contributed by atoms with E-state index in [1.165, 1.54) is 56.1 Å². The molecule has 2 aromatic rings. The maximum atomic E-state index is 9.29. The molecule has 0 saturated heterocycles. The maximum Gasteiger partial charge on any atom is 0.115 e. The summed E-state index contributed by atoms with van der Waals surface area (Å²) in [6.45, 7) is 10.4. The molecule has 0 fully saturated rings. The zero-order valence-corrected chi connectivity index (χ0v) is 22.5. The Morgan fingerprint density at radius 2 is 1.12 bits per heavy atom. The Labute approximate surface area is 212 Å². The number of aromatic hydroxyl groups is 1. The summed E-state index contributed by atoms with van der Waals surface area (Å²) in [5.41, 5.74) is 2.45. The van der Waals surface area contributed by atoms with Gasteiger partial charge in [-0.1, -0.05) is 108 Å². The summed E-state index contributed by atoms with van der Waals surface area (Å²) in [5.74, 6) is 0.313. The number of hydrogen-bond donors (Lipinski definition) is 3. The molecular formula is C28H46O3Ti. The summed E-state index contributed by atoms with van der Waals surface area (Å²) < 4.78 is 0. The standard InChI is InChI=1S/C15H16O.C10H22O.C3H8O.Ti/c1-15(2,12-6-4-3-5-7-12)13-8-10-14(16)11-9-13;1-2-3-4-5-6-7-8-9-10-11;1-3(2)4;/h3-11,16H,1-2H3;11H,2-10H2,1H3;3-4H,1-2H3;. The van der Waals surface area contributed by atoms with E-state index in [1.807, 2.05) is 18.2 Å². The topological polar surface area (TPSA) is 60.7 Å². The summed E-state index contributed by atoms with van der Waals surface area (Å²) in [6, 6.07) is 17.8. The van der Waals surface area contributed by atoms with Crippen LogP contribution in [0.25, 0.3) is 0 Å². The van der Waals surface area contributed by atoms with E-state index in [1.54, 1.807) is 26.0 Å². The second kappa shape index (κ2) is 20.5. The van der Waals surface area contributed by atoms with Crippen molar-refractivity contribution in [3.05, 3.63) is 65.7 Å². The molecule has 0 aliphatic heterocycles. The minimum atomic E-state index is -0.167. The largest absolute Gasteiger partial charge is 0.508 e. The number of aliphatic hydroxyl groups is 2. The molecule has 0 aliphatic rings. The van der Waals surface area contributed by atoms with Crippen molar-refractivity contribution in [3.63, 3.8) is 0 Å². The predicted octanol–water partition coefficient (Wildman–Crippen LogP) is 7.22. The molecule has 0 saturated carbocycles. The number of phenolic OH excluding ortho intramolecular Hbond substituents is 1. The van der Waals surface area contributed by atoms with E-state index in [2.05, 4.69) is 45.0 Å². The van der Waals surface area contributed by atoms with Crippen LogP contribution >= 0.6 is 0 Å². The van der Waals surface area contributed by atoms with Crippen LogP contribution in [0.5, 0.6) is 5.75 Å². The van der Waals surface area contributed by atoms with Crippen LogP contribution in [0.4, 0.5) is 0 Å². The summed E-state index contributed by atoms with van der Waals surface area (Å²) in [5, 5.41) is 25.9. The van der Waals surface area contributed by atoms with Crippen molar-refractivity contribution < 1.29 is 37.0 Å². The van der Waals surface area contributed by atoms with Crippen LogP contribution in [-0.4, -0.2) is 28.0 Å². The molecule has 3 nitrogen and oxygen atoms in total. The molecule has 0 amide bonds. The molecule has 3 N–H and O–H groups in total. The van der Waals surface area contributed by atoms with Crippen molar-refractivity contribution in [1.29, 1.82) is 0 Å². The van der Waals surface area contributed by atoms with Crippen LogP contribution in [0.15, 0.2) is 54.6 Å². The van der Waals surface area contributed by atoms with Crippen molar-refractivity contribution in [1.82, 2.24) is 0 Å².